The summed E-state index contributed by atoms with van der Waals surface area (Å²) >= 11 is 0. The molecule has 13 nitrogen and oxygen atoms in total. The quantitative estimate of drug-likeness (QED) is 0.125. The van der Waals surface area contributed by atoms with Crippen LogP contribution in [0.2, 0.25) is 0 Å². The van der Waals surface area contributed by atoms with Gasteiger partial charge in [-0.15, -0.1) is 10.2 Å². The predicted molar refractivity (Wildman–Crippen MR) is 178 cm³/mol. The molecule has 2 aromatic carbocycles. The zero-order valence-corrected chi connectivity index (χ0v) is 29.0. The van der Waals surface area contributed by atoms with Crippen LogP contribution in [0.3, 0.4) is 0 Å². The van der Waals surface area contributed by atoms with Gasteiger partial charge in [0, 0.05) is 25.7 Å². The van der Waals surface area contributed by atoms with Crippen molar-refractivity contribution in [2.75, 3.05) is 32.0 Å². The highest BCUT2D eigenvalue weighted by Crippen LogP contribution is 2.31. The van der Waals surface area contributed by atoms with Crippen LogP contribution in [0.25, 0.3) is 5.69 Å². The molecule has 0 aliphatic carbocycles. The lowest BCUT2D eigenvalue weighted by molar-refractivity contribution is 0.0778. The van der Waals surface area contributed by atoms with Crippen LogP contribution in [-0.4, -0.2) is 80.8 Å². The summed E-state index contributed by atoms with van der Waals surface area (Å²) in [6.07, 6.45) is 2.56. The van der Waals surface area contributed by atoms with Gasteiger partial charge in [0.25, 0.3) is 5.56 Å². The Balaban J connectivity index is 1.76. The van der Waals surface area contributed by atoms with Crippen molar-refractivity contribution in [3.63, 3.8) is 0 Å². The van der Waals surface area contributed by atoms with Crippen LogP contribution in [0.4, 0.5) is 11.4 Å². The number of sulfonamides is 1. The number of azo groups is 1. The standard InChI is InChI=1S/C31H46N6O7S2/c1-7-8-17-36(22(2)3)18-20-45(40,41)26-12-10-25(11-13-26)37-31(39)30(24(6)35-37)34-33-28-21-27(14-15-29(28)38)46(42,43)32-16-9-19-44-23(4)5/h10-15,21-23,32,35,38H,7-9,16-20H2,1-6H3. The van der Waals surface area contributed by atoms with Crippen molar-refractivity contribution in [3.8, 4) is 11.4 Å². The minimum atomic E-state index is -3.90. The van der Waals surface area contributed by atoms with Gasteiger partial charge in [-0.05, 0) is 96.5 Å². The van der Waals surface area contributed by atoms with E-state index < -0.39 is 25.4 Å². The van der Waals surface area contributed by atoms with Gasteiger partial charge >= 0.3 is 0 Å². The molecule has 0 spiro atoms. The first kappa shape index (κ1) is 37.1. The Morgan fingerprint density at radius 1 is 0.978 bits per heavy atom. The van der Waals surface area contributed by atoms with Gasteiger partial charge in [0.2, 0.25) is 10.0 Å². The van der Waals surface area contributed by atoms with Crippen molar-refractivity contribution in [3.05, 3.63) is 58.5 Å². The van der Waals surface area contributed by atoms with Gasteiger partial charge in [-0.2, -0.15) is 0 Å². The van der Waals surface area contributed by atoms with E-state index in [2.05, 4.69) is 45.7 Å². The summed E-state index contributed by atoms with van der Waals surface area (Å²) in [6.45, 7) is 13.4. The van der Waals surface area contributed by atoms with E-state index in [1.54, 1.807) is 6.92 Å². The first-order chi connectivity index (χ1) is 21.7. The fourth-order valence-corrected chi connectivity index (χ4v) is 6.88. The van der Waals surface area contributed by atoms with Crippen molar-refractivity contribution in [2.24, 2.45) is 10.2 Å². The van der Waals surface area contributed by atoms with Crippen LogP contribution in [0.15, 0.2) is 67.3 Å². The monoisotopic (exact) mass is 678 g/mol. The second kappa shape index (κ2) is 16.5. The number of unbranched alkanes of at least 4 members (excludes halogenated alkanes) is 1. The highest BCUT2D eigenvalue weighted by Gasteiger charge is 2.20. The summed E-state index contributed by atoms with van der Waals surface area (Å²) in [5.74, 6) is -0.334. The maximum absolute atomic E-state index is 13.2. The second-order valence-electron chi connectivity index (χ2n) is 11.5. The first-order valence-corrected chi connectivity index (χ1v) is 18.5. The molecule has 1 aromatic heterocycles. The maximum Gasteiger partial charge on any atom is 0.299 e. The third-order valence-electron chi connectivity index (χ3n) is 7.25. The number of H-pyrrole nitrogens is 1. The normalized spacial score (nSPS) is 12.7. The summed E-state index contributed by atoms with van der Waals surface area (Å²) < 4.78 is 60.7. The van der Waals surface area contributed by atoms with Crippen molar-refractivity contribution in [2.45, 2.75) is 82.7 Å². The molecular weight excluding hydrogens is 633 g/mol. The fourth-order valence-electron chi connectivity index (χ4n) is 4.52. The van der Waals surface area contributed by atoms with Gasteiger partial charge in [0.1, 0.15) is 11.4 Å². The predicted octanol–water partition coefficient (Wildman–Crippen LogP) is 4.97. The largest absolute Gasteiger partial charge is 0.506 e. The zero-order valence-electron chi connectivity index (χ0n) is 27.4. The summed E-state index contributed by atoms with van der Waals surface area (Å²) in [4.78, 5) is 15.4. The zero-order chi connectivity index (χ0) is 34.1. The van der Waals surface area contributed by atoms with Crippen LogP contribution in [-0.2, 0) is 24.6 Å². The number of phenolic OH excluding ortho intramolecular Hbond substituents is 1. The molecule has 0 unspecified atom stereocenters. The van der Waals surface area contributed by atoms with E-state index in [1.165, 1.54) is 41.1 Å². The highest BCUT2D eigenvalue weighted by molar-refractivity contribution is 7.91. The SMILES string of the molecule is CCCCN(CCS(=O)(=O)c1ccc(-n2[nH]c(C)c(N=Nc3cc(S(=O)(=O)NCCCOC(C)C)ccc3O)c2=O)cc1)C(C)C. The Kier molecular flexibility index (Phi) is 13.3. The number of nitrogens with zero attached hydrogens (tertiary/aromatic N) is 4. The molecule has 0 saturated heterocycles. The van der Waals surface area contributed by atoms with Gasteiger partial charge in [-0.1, -0.05) is 13.3 Å². The van der Waals surface area contributed by atoms with Crippen LogP contribution in [0.1, 0.15) is 59.6 Å². The number of aromatic amines is 1. The van der Waals surface area contributed by atoms with Crippen LogP contribution < -0.4 is 10.3 Å². The molecule has 0 aliphatic rings. The van der Waals surface area contributed by atoms with E-state index in [4.69, 9.17) is 4.74 Å². The fraction of sp³-hybridized carbons (Fsp3) is 0.516. The molecule has 254 valence electrons. The number of aryl methyl sites for hydroxylation is 1. The molecule has 3 N–H and O–H groups in total. The number of aromatic nitrogens is 2. The summed E-state index contributed by atoms with van der Waals surface area (Å²) in [5, 5.41) is 21.2. The third kappa shape index (κ3) is 10.1. The molecule has 1 heterocycles. The second-order valence-corrected chi connectivity index (χ2v) is 15.4. The number of aromatic hydroxyl groups is 1. The van der Waals surface area contributed by atoms with E-state index in [0.29, 0.717) is 31.0 Å². The van der Waals surface area contributed by atoms with Crippen LogP contribution in [0.5, 0.6) is 5.75 Å². The molecular formula is C31H46N6O7S2. The van der Waals surface area contributed by atoms with E-state index in [0.717, 1.165) is 25.5 Å². The van der Waals surface area contributed by atoms with Crippen LogP contribution in [0, 0.1) is 6.92 Å². The van der Waals surface area contributed by atoms with Gasteiger partial charge in [0.15, 0.2) is 15.5 Å². The molecule has 3 aromatic rings. The number of rotatable bonds is 18. The van der Waals surface area contributed by atoms with Crippen molar-refractivity contribution in [1.82, 2.24) is 19.4 Å². The van der Waals surface area contributed by atoms with Crippen molar-refractivity contribution >= 4 is 31.2 Å². The maximum atomic E-state index is 13.2. The molecule has 0 bridgehead atoms. The summed E-state index contributed by atoms with van der Waals surface area (Å²) in [5.41, 5.74) is -0.0128. The number of phenols is 1. The smallest absolute Gasteiger partial charge is 0.299 e. The number of ether oxygens (including phenoxy) is 1. The molecule has 0 atom stereocenters. The van der Waals surface area contributed by atoms with Gasteiger partial charge < -0.3 is 9.84 Å². The number of nitrogens with one attached hydrogen (secondary N) is 2. The van der Waals surface area contributed by atoms with Gasteiger partial charge in [-0.25, -0.2) is 26.2 Å². The van der Waals surface area contributed by atoms with Crippen LogP contribution >= 0.6 is 0 Å². The minimum Gasteiger partial charge on any atom is -0.506 e. The van der Waals surface area contributed by atoms with Crippen molar-refractivity contribution < 1.29 is 26.7 Å². The minimum absolute atomic E-state index is 0.0149. The topological polar surface area (TPSA) is 176 Å². The number of hydrogen-bond donors (Lipinski definition) is 3. The Morgan fingerprint density at radius 2 is 1.65 bits per heavy atom. The van der Waals surface area contributed by atoms with E-state index in [9.17, 15) is 26.7 Å². The Labute approximate surface area is 271 Å². The average Bonchev–Trinajstić information content (AvgIpc) is 3.28. The molecule has 0 amide bonds. The highest BCUT2D eigenvalue weighted by atomic mass is 32.2. The van der Waals surface area contributed by atoms with E-state index in [1.807, 2.05) is 13.8 Å². The molecule has 0 radical (unpaired) electrons. The lowest BCUT2D eigenvalue weighted by Gasteiger charge is -2.26. The molecule has 0 fully saturated rings. The average molecular weight is 679 g/mol. The van der Waals surface area contributed by atoms with Crippen molar-refractivity contribution in [1.29, 1.82) is 0 Å². The van der Waals surface area contributed by atoms with Gasteiger partial charge in [0.05, 0.1) is 33.0 Å². The molecule has 3 rings (SSSR count). The number of benzene rings is 2. The molecule has 46 heavy (non-hydrogen) atoms. The third-order valence-corrected chi connectivity index (χ3v) is 10.4. The van der Waals surface area contributed by atoms with Gasteiger partial charge in [-0.3, -0.25) is 14.8 Å². The first-order valence-electron chi connectivity index (χ1n) is 15.4. The molecule has 0 saturated carbocycles. The Morgan fingerprint density at radius 3 is 2.28 bits per heavy atom. The lowest BCUT2D eigenvalue weighted by atomic mass is 10.2. The molecule has 15 heteroatoms. The Hall–Kier alpha value is -3.37. The lowest BCUT2D eigenvalue weighted by Crippen LogP contribution is -2.35. The summed E-state index contributed by atoms with van der Waals surface area (Å²) in [7, 11) is -7.44. The Bertz CT molecular complexity index is 1750. The number of sulfone groups is 1. The summed E-state index contributed by atoms with van der Waals surface area (Å²) in [6, 6.07) is 9.83. The van der Waals surface area contributed by atoms with E-state index >= 15 is 0 Å². The van der Waals surface area contributed by atoms with E-state index in [-0.39, 0.29) is 51.4 Å². The molecule has 0 aliphatic heterocycles. The number of hydrogen-bond acceptors (Lipinski definition) is 10.